The summed E-state index contributed by atoms with van der Waals surface area (Å²) in [6.45, 7) is 11.2. The number of benzene rings is 1. The Bertz CT molecular complexity index is 1440. The minimum atomic E-state index is -0.207. The van der Waals surface area contributed by atoms with E-state index in [9.17, 15) is 9.59 Å². The summed E-state index contributed by atoms with van der Waals surface area (Å²) in [5.41, 5.74) is 5.16. The number of anilines is 1. The fourth-order valence-corrected chi connectivity index (χ4v) is 5.86. The molecule has 178 valence electrons. The molecular weight excluding hydrogens is 446 g/mol. The third-order valence-corrected chi connectivity index (χ3v) is 7.99. The van der Waals surface area contributed by atoms with Gasteiger partial charge in [0.15, 0.2) is 0 Å². The molecule has 0 N–H and O–H groups in total. The molecular formula is C26H31N5O2S. The van der Waals surface area contributed by atoms with Crippen LogP contribution in [0, 0.1) is 13.8 Å². The molecule has 0 spiro atoms. The van der Waals surface area contributed by atoms with E-state index in [1.165, 1.54) is 26.4 Å². The van der Waals surface area contributed by atoms with E-state index in [2.05, 4.69) is 55.0 Å². The molecule has 1 aliphatic heterocycles. The lowest BCUT2D eigenvalue weighted by atomic mass is 10.1. The van der Waals surface area contributed by atoms with Gasteiger partial charge in [-0.1, -0.05) is 26.0 Å². The minimum Gasteiger partial charge on any atom is -0.368 e. The summed E-state index contributed by atoms with van der Waals surface area (Å²) < 4.78 is 4.42. The second kappa shape index (κ2) is 8.91. The number of amides is 1. The van der Waals surface area contributed by atoms with Gasteiger partial charge in [0.2, 0.25) is 5.91 Å². The van der Waals surface area contributed by atoms with Gasteiger partial charge >= 0.3 is 0 Å². The molecule has 7 nitrogen and oxygen atoms in total. The Kier molecular flexibility index (Phi) is 5.93. The summed E-state index contributed by atoms with van der Waals surface area (Å²) >= 11 is 1.72. The number of piperazine rings is 1. The average molecular weight is 478 g/mol. The smallest absolute Gasteiger partial charge is 0.291 e. The lowest BCUT2D eigenvalue weighted by Gasteiger charge is -2.37. The standard InChI is InChI=1S/C26H31N5O2S/c1-5-19-14-21-23(34-19)15-22-26(33)30(27-24(6-2)31(21)22)16-25(32)29-11-9-28(10-12-29)20-13-17(3)7-8-18(20)4/h7-8,13-15H,5-6,9-12,16H2,1-4H3. The van der Waals surface area contributed by atoms with Crippen LogP contribution in [-0.4, -0.2) is 51.2 Å². The molecule has 8 heteroatoms. The fraction of sp³-hybridized carbons (Fsp3) is 0.423. The molecule has 34 heavy (non-hydrogen) atoms. The van der Waals surface area contributed by atoms with Crippen molar-refractivity contribution in [3.8, 4) is 0 Å². The fourth-order valence-electron chi connectivity index (χ4n) is 4.84. The van der Waals surface area contributed by atoms with E-state index >= 15 is 0 Å². The third kappa shape index (κ3) is 3.90. The van der Waals surface area contributed by atoms with Gasteiger partial charge < -0.3 is 9.80 Å². The van der Waals surface area contributed by atoms with E-state index in [1.807, 2.05) is 22.3 Å². The molecule has 0 unspecified atom stereocenters. The van der Waals surface area contributed by atoms with Gasteiger partial charge in [0.1, 0.15) is 17.9 Å². The quantitative estimate of drug-likeness (QED) is 0.439. The van der Waals surface area contributed by atoms with E-state index in [0.29, 0.717) is 25.0 Å². The van der Waals surface area contributed by atoms with E-state index in [0.717, 1.165) is 35.6 Å². The molecule has 0 saturated carbocycles. The van der Waals surface area contributed by atoms with E-state index in [1.54, 1.807) is 11.3 Å². The lowest BCUT2D eigenvalue weighted by molar-refractivity contribution is -0.132. The van der Waals surface area contributed by atoms with Gasteiger partial charge in [-0.25, -0.2) is 4.68 Å². The molecule has 0 radical (unpaired) electrons. The van der Waals surface area contributed by atoms with Crippen molar-refractivity contribution in [2.75, 3.05) is 31.1 Å². The summed E-state index contributed by atoms with van der Waals surface area (Å²) in [4.78, 5) is 31.9. The Balaban J connectivity index is 1.36. The van der Waals surface area contributed by atoms with E-state index in [-0.39, 0.29) is 18.0 Å². The zero-order valence-corrected chi connectivity index (χ0v) is 21.1. The summed E-state index contributed by atoms with van der Waals surface area (Å²) in [7, 11) is 0. The number of rotatable bonds is 5. The average Bonchev–Trinajstić information content (AvgIpc) is 3.41. The van der Waals surface area contributed by atoms with Crippen LogP contribution in [0.4, 0.5) is 5.69 Å². The highest BCUT2D eigenvalue weighted by Crippen LogP contribution is 2.29. The minimum absolute atomic E-state index is 0.0230. The molecule has 5 rings (SSSR count). The zero-order chi connectivity index (χ0) is 24.0. The summed E-state index contributed by atoms with van der Waals surface area (Å²) in [6, 6.07) is 10.6. The van der Waals surface area contributed by atoms with Crippen LogP contribution in [0.25, 0.3) is 15.7 Å². The van der Waals surface area contributed by atoms with Crippen molar-refractivity contribution >= 4 is 38.7 Å². The van der Waals surface area contributed by atoms with E-state index in [4.69, 9.17) is 0 Å². The van der Waals surface area contributed by atoms with Crippen LogP contribution in [0.1, 0.15) is 35.7 Å². The van der Waals surface area contributed by atoms with Gasteiger partial charge in [0.25, 0.3) is 5.56 Å². The van der Waals surface area contributed by atoms with E-state index < -0.39 is 0 Å². The highest BCUT2D eigenvalue weighted by Gasteiger charge is 2.24. The summed E-state index contributed by atoms with van der Waals surface area (Å²) in [5.74, 6) is 0.751. The van der Waals surface area contributed by atoms with Crippen molar-refractivity contribution in [3.05, 3.63) is 62.5 Å². The number of fused-ring (bicyclic) bond motifs is 3. The van der Waals surface area contributed by atoms with Gasteiger partial charge in [-0.15, -0.1) is 11.3 Å². The number of hydrogen-bond donors (Lipinski definition) is 0. The Morgan fingerprint density at radius 1 is 1.00 bits per heavy atom. The van der Waals surface area contributed by atoms with Gasteiger partial charge in [-0.3, -0.25) is 14.0 Å². The molecule has 1 amide bonds. The van der Waals surface area contributed by atoms with Crippen LogP contribution in [-0.2, 0) is 24.2 Å². The number of carbonyl (C=O) groups is 1. The molecule has 1 fully saturated rings. The van der Waals surface area contributed by atoms with Crippen molar-refractivity contribution in [3.63, 3.8) is 0 Å². The normalized spacial score (nSPS) is 14.5. The van der Waals surface area contributed by atoms with Gasteiger partial charge in [-0.2, -0.15) is 5.10 Å². The predicted octanol–water partition coefficient (Wildman–Crippen LogP) is 3.80. The number of aryl methyl sites for hydroxylation is 4. The molecule has 4 aromatic rings. The molecule has 0 atom stereocenters. The Morgan fingerprint density at radius 3 is 2.47 bits per heavy atom. The molecule has 0 aliphatic carbocycles. The molecule has 3 aromatic heterocycles. The number of nitrogens with zero attached hydrogens (tertiary/aromatic N) is 5. The monoisotopic (exact) mass is 477 g/mol. The molecule has 1 aromatic carbocycles. The lowest BCUT2D eigenvalue weighted by Crippen LogP contribution is -2.50. The summed E-state index contributed by atoms with van der Waals surface area (Å²) in [5, 5.41) is 4.61. The van der Waals surface area contributed by atoms with Crippen LogP contribution in [0.15, 0.2) is 35.1 Å². The largest absolute Gasteiger partial charge is 0.368 e. The zero-order valence-electron chi connectivity index (χ0n) is 20.3. The van der Waals surface area contributed by atoms with Crippen molar-refractivity contribution in [1.82, 2.24) is 19.1 Å². The first-order valence-electron chi connectivity index (χ1n) is 12.0. The van der Waals surface area contributed by atoms with Gasteiger partial charge in [0.05, 0.1) is 10.2 Å². The van der Waals surface area contributed by atoms with Crippen molar-refractivity contribution < 1.29 is 4.79 Å². The second-order valence-corrected chi connectivity index (χ2v) is 10.2. The maximum atomic E-state index is 13.2. The second-order valence-electron chi connectivity index (χ2n) is 9.07. The third-order valence-electron chi connectivity index (χ3n) is 6.78. The molecule has 1 saturated heterocycles. The van der Waals surface area contributed by atoms with Crippen LogP contribution >= 0.6 is 11.3 Å². The van der Waals surface area contributed by atoms with Crippen molar-refractivity contribution in [2.45, 2.75) is 47.1 Å². The first-order chi connectivity index (χ1) is 16.4. The SMILES string of the molecule is CCc1cc2c(cc3c(=O)n(CC(=O)N4CCN(c5cc(C)ccc5C)CC4)nc(CC)n32)s1. The molecule has 0 bridgehead atoms. The van der Waals surface area contributed by atoms with Crippen LogP contribution < -0.4 is 10.5 Å². The highest BCUT2D eigenvalue weighted by molar-refractivity contribution is 7.19. The molecule has 4 heterocycles. The Labute approximate surface area is 203 Å². The number of thiophene rings is 1. The maximum absolute atomic E-state index is 13.2. The summed E-state index contributed by atoms with van der Waals surface area (Å²) in [6.07, 6.45) is 1.65. The first kappa shape index (κ1) is 22.7. The van der Waals surface area contributed by atoms with Gasteiger partial charge in [0, 0.05) is 43.2 Å². The Hall–Kier alpha value is -3.13. The van der Waals surface area contributed by atoms with Crippen LogP contribution in [0.2, 0.25) is 0 Å². The number of aromatic nitrogens is 3. The van der Waals surface area contributed by atoms with Crippen LogP contribution in [0.5, 0.6) is 0 Å². The maximum Gasteiger partial charge on any atom is 0.291 e. The van der Waals surface area contributed by atoms with Gasteiger partial charge in [-0.05, 0) is 49.6 Å². The Morgan fingerprint density at radius 2 is 1.76 bits per heavy atom. The first-order valence-corrected chi connectivity index (χ1v) is 12.8. The number of carbonyl (C=O) groups excluding carboxylic acids is 1. The topological polar surface area (TPSA) is 62.9 Å². The predicted molar refractivity (Wildman–Crippen MR) is 138 cm³/mol. The van der Waals surface area contributed by atoms with Crippen LogP contribution in [0.3, 0.4) is 0 Å². The molecule has 1 aliphatic rings. The number of hydrogen-bond acceptors (Lipinski definition) is 5. The highest BCUT2D eigenvalue weighted by atomic mass is 32.1. The van der Waals surface area contributed by atoms with Crippen molar-refractivity contribution in [2.24, 2.45) is 0 Å². The van der Waals surface area contributed by atoms with Crippen molar-refractivity contribution in [1.29, 1.82) is 0 Å².